The van der Waals surface area contributed by atoms with Gasteiger partial charge in [0.05, 0.1) is 5.56 Å². The molecule has 0 spiro atoms. The lowest BCUT2D eigenvalue weighted by molar-refractivity contribution is 0.0776. The number of piperidine rings is 1. The van der Waals surface area contributed by atoms with E-state index in [2.05, 4.69) is 21.7 Å². The average molecular weight is 553 g/mol. The summed E-state index contributed by atoms with van der Waals surface area (Å²) in [5.74, 6) is 0.661. The van der Waals surface area contributed by atoms with Crippen LogP contribution in [0.3, 0.4) is 0 Å². The summed E-state index contributed by atoms with van der Waals surface area (Å²) in [6.07, 6.45) is 2.11. The predicted molar refractivity (Wildman–Crippen MR) is 158 cm³/mol. The van der Waals surface area contributed by atoms with Crippen molar-refractivity contribution >= 4 is 23.0 Å². The van der Waals surface area contributed by atoms with E-state index in [-0.39, 0.29) is 23.4 Å². The van der Waals surface area contributed by atoms with Crippen LogP contribution in [0, 0.1) is 11.7 Å². The quantitative estimate of drug-likeness (QED) is 0.235. The number of rotatable bonds is 7. The molecule has 0 N–H and O–H groups in total. The number of nitrogens with zero attached hydrogens (tertiary/aromatic N) is 2. The lowest BCUT2D eigenvalue weighted by Gasteiger charge is -2.34. The summed E-state index contributed by atoms with van der Waals surface area (Å²) in [5, 5.41) is 4.32. The molecule has 3 heterocycles. The highest BCUT2D eigenvalue weighted by atomic mass is 32.1. The molecule has 6 rings (SSSR count). The molecular formula is C34H33FN2O2S. The molecule has 0 bridgehead atoms. The Balaban J connectivity index is 1.17. The first-order valence-electron chi connectivity index (χ1n) is 14.0. The molecule has 4 nitrogen and oxygen atoms in total. The molecule has 2 saturated heterocycles. The van der Waals surface area contributed by atoms with Gasteiger partial charge in [-0.3, -0.25) is 9.59 Å². The number of hydrogen-bond acceptors (Lipinski definition) is 4. The van der Waals surface area contributed by atoms with E-state index in [4.69, 9.17) is 0 Å². The third-order valence-electron chi connectivity index (χ3n) is 8.56. The Labute approximate surface area is 239 Å². The van der Waals surface area contributed by atoms with Gasteiger partial charge in [-0.2, -0.15) is 11.3 Å². The molecule has 40 heavy (non-hydrogen) atoms. The molecule has 2 aliphatic heterocycles. The number of halogens is 1. The van der Waals surface area contributed by atoms with Gasteiger partial charge < -0.3 is 9.80 Å². The third-order valence-corrected chi connectivity index (χ3v) is 9.26. The molecule has 0 saturated carbocycles. The lowest BCUT2D eigenvalue weighted by atomic mass is 9.87. The van der Waals surface area contributed by atoms with Crippen LogP contribution in [0.25, 0.3) is 0 Å². The summed E-state index contributed by atoms with van der Waals surface area (Å²) < 4.78 is 13.4. The minimum Gasteiger partial charge on any atom is -0.338 e. The van der Waals surface area contributed by atoms with Gasteiger partial charge >= 0.3 is 0 Å². The molecule has 1 amide bonds. The van der Waals surface area contributed by atoms with Gasteiger partial charge in [-0.15, -0.1) is 0 Å². The van der Waals surface area contributed by atoms with Crippen LogP contribution in [0.15, 0.2) is 95.7 Å². The second-order valence-electron chi connectivity index (χ2n) is 11.0. The number of thiophene rings is 1. The van der Waals surface area contributed by atoms with Crippen molar-refractivity contribution in [3.63, 3.8) is 0 Å². The van der Waals surface area contributed by atoms with E-state index >= 15 is 0 Å². The maximum atomic E-state index is 13.9. The highest BCUT2D eigenvalue weighted by molar-refractivity contribution is 7.08. The topological polar surface area (TPSA) is 40.6 Å². The van der Waals surface area contributed by atoms with Crippen LogP contribution < -0.4 is 0 Å². The van der Waals surface area contributed by atoms with Crippen LogP contribution in [0.1, 0.15) is 62.1 Å². The normalized spacial score (nSPS) is 20.1. The first kappa shape index (κ1) is 26.6. The van der Waals surface area contributed by atoms with Gasteiger partial charge in [-0.25, -0.2) is 4.39 Å². The highest BCUT2D eigenvalue weighted by Crippen LogP contribution is 2.37. The molecule has 2 aliphatic rings. The Morgan fingerprint density at radius 2 is 1.50 bits per heavy atom. The van der Waals surface area contributed by atoms with Crippen LogP contribution >= 0.6 is 11.3 Å². The van der Waals surface area contributed by atoms with Crippen molar-refractivity contribution in [2.75, 3.05) is 32.7 Å². The summed E-state index contributed by atoms with van der Waals surface area (Å²) in [6.45, 7) is 4.25. The Bertz CT molecular complexity index is 1450. The van der Waals surface area contributed by atoms with Crippen LogP contribution in [0.4, 0.5) is 4.39 Å². The maximum Gasteiger partial charge on any atom is 0.254 e. The van der Waals surface area contributed by atoms with Crippen molar-refractivity contribution < 1.29 is 14.0 Å². The van der Waals surface area contributed by atoms with Crippen LogP contribution in [0.2, 0.25) is 0 Å². The van der Waals surface area contributed by atoms with E-state index in [1.54, 1.807) is 47.7 Å². The zero-order valence-corrected chi connectivity index (χ0v) is 23.2. The number of ketones is 1. The zero-order valence-electron chi connectivity index (χ0n) is 22.4. The van der Waals surface area contributed by atoms with Gasteiger partial charge in [-0.1, -0.05) is 60.7 Å². The van der Waals surface area contributed by atoms with Gasteiger partial charge in [0.1, 0.15) is 5.82 Å². The molecule has 2 atom stereocenters. The summed E-state index contributed by atoms with van der Waals surface area (Å²) in [7, 11) is 0. The molecule has 0 aliphatic carbocycles. The molecule has 3 aromatic carbocycles. The molecule has 4 aromatic rings. The molecule has 2 fully saturated rings. The van der Waals surface area contributed by atoms with Gasteiger partial charge in [-0.05, 0) is 83.9 Å². The van der Waals surface area contributed by atoms with Gasteiger partial charge in [0.25, 0.3) is 5.91 Å². The number of carbonyl (C=O) groups excluding carboxylic acids is 2. The second-order valence-corrected chi connectivity index (χ2v) is 11.8. The molecule has 0 radical (unpaired) electrons. The number of benzene rings is 3. The lowest BCUT2D eigenvalue weighted by Crippen LogP contribution is -2.38. The molecule has 2 unspecified atom stereocenters. The summed E-state index contributed by atoms with van der Waals surface area (Å²) in [5.41, 5.74) is 4.03. The summed E-state index contributed by atoms with van der Waals surface area (Å²) in [6, 6.07) is 25.5. The largest absolute Gasteiger partial charge is 0.338 e. The third kappa shape index (κ3) is 5.65. The Morgan fingerprint density at radius 1 is 0.800 bits per heavy atom. The summed E-state index contributed by atoms with van der Waals surface area (Å²) in [4.78, 5) is 31.7. The first-order valence-corrected chi connectivity index (χ1v) is 15.0. The zero-order chi connectivity index (χ0) is 27.5. The molecular weight excluding hydrogens is 519 g/mol. The van der Waals surface area contributed by atoms with E-state index in [9.17, 15) is 14.0 Å². The SMILES string of the molecule is O=C(c1ccccc1)c1ccccc1C(=O)N1CC(CN2CCC(c3ccc(F)cc3)CC2)C(c2ccsc2)C1. The van der Waals surface area contributed by atoms with Crippen LogP contribution in [-0.2, 0) is 0 Å². The fraction of sp³-hybridized carbons (Fsp3) is 0.294. The number of amides is 1. The Hall–Kier alpha value is -3.61. The van der Waals surface area contributed by atoms with Crippen molar-refractivity contribution in [1.82, 2.24) is 9.80 Å². The second kappa shape index (κ2) is 11.9. The fourth-order valence-corrected chi connectivity index (χ4v) is 7.11. The molecule has 204 valence electrons. The average Bonchev–Trinajstić information content (AvgIpc) is 3.68. The van der Waals surface area contributed by atoms with E-state index in [1.807, 2.05) is 47.4 Å². The van der Waals surface area contributed by atoms with E-state index < -0.39 is 0 Å². The number of carbonyl (C=O) groups is 2. The standard InChI is InChI=1S/C34H33FN2O2S/c35-29-12-10-24(11-13-29)25-14-17-36(18-15-25)20-28-21-37(22-32(28)27-16-19-40-23-27)34(39)31-9-5-4-8-30(31)33(38)26-6-2-1-3-7-26/h1-13,16,19,23,25,28,32H,14-15,17-18,20-22H2. The minimum absolute atomic E-state index is 0.0716. The number of likely N-dealkylation sites (tertiary alicyclic amines) is 2. The monoisotopic (exact) mass is 552 g/mol. The van der Waals surface area contributed by atoms with Gasteiger partial charge in [0, 0.05) is 36.7 Å². The van der Waals surface area contributed by atoms with E-state index in [1.165, 1.54) is 11.1 Å². The van der Waals surface area contributed by atoms with Crippen LogP contribution in [-0.4, -0.2) is 54.2 Å². The van der Waals surface area contributed by atoms with Crippen LogP contribution in [0.5, 0.6) is 0 Å². The van der Waals surface area contributed by atoms with Crippen molar-refractivity contribution in [3.8, 4) is 0 Å². The fourth-order valence-electron chi connectivity index (χ4n) is 6.38. The smallest absolute Gasteiger partial charge is 0.254 e. The molecule has 6 heteroatoms. The van der Waals surface area contributed by atoms with Gasteiger partial charge in [0.15, 0.2) is 5.78 Å². The Kier molecular flexibility index (Phi) is 7.89. The summed E-state index contributed by atoms with van der Waals surface area (Å²) >= 11 is 1.70. The van der Waals surface area contributed by atoms with Crippen molar-refractivity contribution in [2.45, 2.75) is 24.7 Å². The van der Waals surface area contributed by atoms with Crippen molar-refractivity contribution in [3.05, 3.63) is 129 Å². The van der Waals surface area contributed by atoms with Crippen molar-refractivity contribution in [1.29, 1.82) is 0 Å². The number of hydrogen-bond donors (Lipinski definition) is 0. The maximum absolute atomic E-state index is 13.9. The minimum atomic E-state index is -0.187. The molecule has 1 aromatic heterocycles. The Morgan fingerprint density at radius 3 is 2.20 bits per heavy atom. The predicted octanol–water partition coefficient (Wildman–Crippen LogP) is 6.85. The van der Waals surface area contributed by atoms with E-state index in [0.717, 1.165) is 32.5 Å². The van der Waals surface area contributed by atoms with Gasteiger partial charge in [0.2, 0.25) is 0 Å². The van der Waals surface area contributed by atoms with Crippen molar-refractivity contribution in [2.24, 2.45) is 5.92 Å². The first-order chi connectivity index (χ1) is 19.6. The van der Waals surface area contributed by atoms with E-state index in [0.29, 0.717) is 41.6 Å². The highest BCUT2D eigenvalue weighted by Gasteiger charge is 2.38.